The Labute approximate surface area is 164 Å². The Morgan fingerprint density at radius 1 is 1.21 bits per heavy atom. The summed E-state index contributed by atoms with van der Waals surface area (Å²) in [5, 5.41) is 7.14. The van der Waals surface area contributed by atoms with Gasteiger partial charge in [0.1, 0.15) is 6.04 Å². The van der Waals surface area contributed by atoms with Crippen LogP contribution >= 0.6 is 0 Å². The van der Waals surface area contributed by atoms with Crippen molar-refractivity contribution < 1.29 is 9.32 Å². The molecule has 2 heterocycles. The molecule has 28 heavy (non-hydrogen) atoms. The second-order valence-corrected chi connectivity index (χ2v) is 7.14. The lowest BCUT2D eigenvalue weighted by Crippen LogP contribution is -2.40. The maximum atomic E-state index is 12.7. The summed E-state index contributed by atoms with van der Waals surface area (Å²) in [7, 11) is 0. The zero-order valence-electron chi connectivity index (χ0n) is 16.0. The number of rotatable bonds is 5. The van der Waals surface area contributed by atoms with Gasteiger partial charge in [-0.25, -0.2) is 4.79 Å². The first-order valence-corrected chi connectivity index (χ1v) is 9.70. The molecule has 1 aromatic heterocycles. The summed E-state index contributed by atoms with van der Waals surface area (Å²) in [6, 6.07) is 17.9. The zero-order valence-corrected chi connectivity index (χ0v) is 16.0. The number of benzene rings is 2. The number of hydrogen-bond donors (Lipinski definition) is 1. The molecule has 1 saturated heterocycles. The van der Waals surface area contributed by atoms with E-state index in [1.54, 1.807) is 4.90 Å². The van der Waals surface area contributed by atoms with E-state index in [9.17, 15) is 4.79 Å². The van der Waals surface area contributed by atoms with Gasteiger partial charge in [0.05, 0.1) is 0 Å². The van der Waals surface area contributed by atoms with E-state index < -0.39 is 0 Å². The SMILES string of the molecule is Cc1cccc(-c2noc([C@@H]3CCCN3C(=O)NCCc3ccccc3)n2)c1. The fourth-order valence-electron chi connectivity index (χ4n) is 3.60. The van der Waals surface area contributed by atoms with Crippen molar-refractivity contribution >= 4 is 6.03 Å². The molecule has 1 N–H and O–H groups in total. The lowest BCUT2D eigenvalue weighted by Gasteiger charge is -2.22. The van der Waals surface area contributed by atoms with Crippen LogP contribution in [-0.4, -0.2) is 34.2 Å². The van der Waals surface area contributed by atoms with Crippen LogP contribution in [0.3, 0.4) is 0 Å². The molecule has 4 rings (SSSR count). The molecule has 0 radical (unpaired) electrons. The number of aromatic nitrogens is 2. The minimum atomic E-state index is -0.164. The predicted molar refractivity (Wildman–Crippen MR) is 107 cm³/mol. The predicted octanol–water partition coefficient (Wildman–Crippen LogP) is 4.13. The number of aryl methyl sites for hydroxylation is 1. The maximum Gasteiger partial charge on any atom is 0.318 e. The quantitative estimate of drug-likeness (QED) is 0.727. The van der Waals surface area contributed by atoms with Crippen molar-refractivity contribution in [2.24, 2.45) is 0 Å². The molecule has 0 aliphatic carbocycles. The zero-order chi connectivity index (χ0) is 19.3. The molecule has 1 fully saturated rings. The van der Waals surface area contributed by atoms with Crippen LogP contribution in [-0.2, 0) is 6.42 Å². The van der Waals surface area contributed by atoms with Crippen molar-refractivity contribution in [3.05, 3.63) is 71.6 Å². The van der Waals surface area contributed by atoms with Crippen molar-refractivity contribution in [1.29, 1.82) is 0 Å². The second-order valence-electron chi connectivity index (χ2n) is 7.14. The van der Waals surface area contributed by atoms with Crippen LogP contribution in [0.2, 0.25) is 0 Å². The Balaban J connectivity index is 1.40. The lowest BCUT2D eigenvalue weighted by molar-refractivity contribution is 0.180. The standard InChI is InChI=1S/C22H24N4O2/c1-16-7-5-10-18(15-16)20-24-21(28-25-20)19-11-6-14-26(19)22(27)23-13-12-17-8-3-2-4-9-17/h2-5,7-10,15,19H,6,11-14H2,1H3,(H,23,27)/t19-/m0/s1. The first-order chi connectivity index (χ1) is 13.7. The van der Waals surface area contributed by atoms with Crippen molar-refractivity contribution in [2.45, 2.75) is 32.2 Å². The summed E-state index contributed by atoms with van der Waals surface area (Å²) in [5.74, 6) is 1.07. The average molecular weight is 376 g/mol. The molecule has 1 aliphatic heterocycles. The van der Waals surface area contributed by atoms with Gasteiger partial charge in [-0.15, -0.1) is 0 Å². The first-order valence-electron chi connectivity index (χ1n) is 9.70. The number of urea groups is 1. The highest BCUT2D eigenvalue weighted by Gasteiger charge is 2.34. The molecule has 6 nitrogen and oxygen atoms in total. The minimum absolute atomic E-state index is 0.0752. The van der Waals surface area contributed by atoms with E-state index in [4.69, 9.17) is 4.52 Å². The third kappa shape index (κ3) is 4.06. The number of likely N-dealkylation sites (tertiary alicyclic amines) is 1. The van der Waals surface area contributed by atoms with Crippen molar-refractivity contribution in [2.75, 3.05) is 13.1 Å². The van der Waals surface area contributed by atoms with Gasteiger partial charge in [-0.2, -0.15) is 4.98 Å². The summed E-state index contributed by atoms with van der Waals surface area (Å²) >= 11 is 0. The summed E-state index contributed by atoms with van der Waals surface area (Å²) in [6.45, 7) is 3.33. The van der Waals surface area contributed by atoms with Gasteiger partial charge in [0.2, 0.25) is 11.7 Å². The Hall–Kier alpha value is -3.15. The van der Waals surface area contributed by atoms with E-state index in [0.717, 1.165) is 30.4 Å². The van der Waals surface area contributed by atoms with Gasteiger partial charge in [0, 0.05) is 18.7 Å². The number of hydrogen-bond acceptors (Lipinski definition) is 4. The number of carbonyl (C=O) groups excluding carboxylic acids is 1. The molecule has 0 spiro atoms. The van der Waals surface area contributed by atoms with E-state index in [1.165, 1.54) is 5.56 Å². The summed E-state index contributed by atoms with van der Waals surface area (Å²) in [4.78, 5) is 19.0. The minimum Gasteiger partial charge on any atom is -0.338 e. The van der Waals surface area contributed by atoms with E-state index in [0.29, 0.717) is 24.8 Å². The second kappa shape index (κ2) is 8.25. The molecule has 0 saturated carbocycles. The maximum absolute atomic E-state index is 12.7. The third-order valence-electron chi connectivity index (χ3n) is 5.05. The van der Waals surface area contributed by atoms with Crippen LogP contribution < -0.4 is 5.32 Å². The topological polar surface area (TPSA) is 71.3 Å². The van der Waals surface area contributed by atoms with Gasteiger partial charge >= 0.3 is 6.03 Å². The van der Waals surface area contributed by atoms with Crippen LogP contribution in [0, 0.1) is 6.92 Å². The van der Waals surface area contributed by atoms with Crippen molar-refractivity contribution in [3.8, 4) is 11.4 Å². The normalized spacial score (nSPS) is 16.3. The molecule has 0 unspecified atom stereocenters. The van der Waals surface area contributed by atoms with Crippen LogP contribution in [0.25, 0.3) is 11.4 Å². The highest BCUT2D eigenvalue weighted by atomic mass is 16.5. The number of amides is 2. The van der Waals surface area contributed by atoms with Crippen LogP contribution in [0.1, 0.15) is 35.9 Å². The molecule has 0 bridgehead atoms. The molecule has 2 amide bonds. The largest absolute Gasteiger partial charge is 0.338 e. The number of carbonyl (C=O) groups is 1. The van der Waals surface area contributed by atoms with E-state index in [2.05, 4.69) is 27.6 Å². The fourth-order valence-corrected chi connectivity index (χ4v) is 3.60. The summed E-state index contributed by atoms with van der Waals surface area (Å²) in [5.41, 5.74) is 3.27. The smallest absolute Gasteiger partial charge is 0.318 e. The lowest BCUT2D eigenvalue weighted by atomic mass is 10.1. The van der Waals surface area contributed by atoms with E-state index in [-0.39, 0.29) is 12.1 Å². The molecule has 1 atom stereocenters. The third-order valence-corrected chi connectivity index (χ3v) is 5.05. The Morgan fingerprint density at radius 2 is 2.07 bits per heavy atom. The van der Waals surface area contributed by atoms with Gasteiger partial charge in [0.25, 0.3) is 0 Å². The summed E-state index contributed by atoms with van der Waals surface area (Å²) in [6.07, 6.45) is 2.57. The van der Waals surface area contributed by atoms with Crippen LogP contribution in [0.15, 0.2) is 59.1 Å². The van der Waals surface area contributed by atoms with Gasteiger partial charge in [-0.1, -0.05) is 59.3 Å². The van der Waals surface area contributed by atoms with Gasteiger partial charge in [-0.3, -0.25) is 0 Å². The molecule has 1 aliphatic rings. The first kappa shape index (κ1) is 18.2. The highest BCUT2D eigenvalue weighted by Crippen LogP contribution is 2.32. The van der Waals surface area contributed by atoms with Crippen molar-refractivity contribution in [1.82, 2.24) is 20.4 Å². The Morgan fingerprint density at radius 3 is 2.89 bits per heavy atom. The fraction of sp³-hybridized carbons (Fsp3) is 0.318. The molecule has 6 heteroatoms. The van der Waals surface area contributed by atoms with Gasteiger partial charge in [0.15, 0.2) is 0 Å². The van der Waals surface area contributed by atoms with Gasteiger partial charge < -0.3 is 14.7 Å². The number of nitrogens with one attached hydrogen (secondary N) is 1. The van der Waals surface area contributed by atoms with Crippen LogP contribution in [0.4, 0.5) is 4.79 Å². The highest BCUT2D eigenvalue weighted by molar-refractivity contribution is 5.75. The average Bonchev–Trinajstić information content (AvgIpc) is 3.38. The molecule has 3 aromatic rings. The molecular formula is C22H24N4O2. The Bertz CT molecular complexity index is 938. The summed E-state index contributed by atoms with van der Waals surface area (Å²) < 4.78 is 5.51. The van der Waals surface area contributed by atoms with Gasteiger partial charge in [-0.05, 0) is 37.8 Å². The molecule has 144 valence electrons. The van der Waals surface area contributed by atoms with Crippen LogP contribution in [0.5, 0.6) is 0 Å². The molecule has 2 aromatic carbocycles. The Kier molecular flexibility index (Phi) is 5.37. The molecular weight excluding hydrogens is 352 g/mol. The monoisotopic (exact) mass is 376 g/mol. The van der Waals surface area contributed by atoms with Crippen molar-refractivity contribution in [3.63, 3.8) is 0 Å². The van der Waals surface area contributed by atoms with E-state index >= 15 is 0 Å². The number of nitrogens with zero attached hydrogens (tertiary/aromatic N) is 3. The van der Waals surface area contributed by atoms with E-state index in [1.807, 2.05) is 49.4 Å².